The number of benzene rings is 2. The largest absolute Gasteiger partial charge is 0.465 e. The zero-order valence-electron chi connectivity index (χ0n) is 16.1. The maximum absolute atomic E-state index is 14.6. The molecular weight excluding hydrogens is 375 g/mol. The third kappa shape index (κ3) is 2.84. The van der Waals surface area contributed by atoms with Gasteiger partial charge in [0.05, 0.1) is 24.1 Å². The number of para-hydroxylation sites is 1. The fraction of sp³-hybridized carbons (Fsp3) is 0.318. The van der Waals surface area contributed by atoms with Gasteiger partial charge in [-0.2, -0.15) is 0 Å². The van der Waals surface area contributed by atoms with E-state index in [4.69, 9.17) is 4.74 Å². The number of carbonyl (C=O) groups excluding carboxylic acids is 3. The van der Waals surface area contributed by atoms with E-state index >= 15 is 0 Å². The van der Waals surface area contributed by atoms with E-state index in [1.807, 2.05) is 0 Å². The van der Waals surface area contributed by atoms with Gasteiger partial charge in [-0.3, -0.25) is 19.7 Å². The minimum atomic E-state index is -1.45. The fourth-order valence-electron chi connectivity index (χ4n) is 4.43. The Morgan fingerprint density at radius 1 is 1.10 bits per heavy atom. The molecule has 7 heteroatoms. The lowest BCUT2D eigenvalue weighted by atomic mass is 9.80. The number of ether oxygens (including phenoxy) is 1. The second kappa shape index (κ2) is 7.08. The van der Waals surface area contributed by atoms with Crippen LogP contribution in [-0.4, -0.2) is 29.9 Å². The first-order valence-electron chi connectivity index (χ1n) is 9.52. The van der Waals surface area contributed by atoms with Crippen LogP contribution in [0, 0.1) is 17.7 Å². The van der Waals surface area contributed by atoms with Crippen molar-refractivity contribution in [2.24, 2.45) is 11.8 Å². The molecule has 150 valence electrons. The number of carbonyl (C=O) groups is 3. The van der Waals surface area contributed by atoms with Gasteiger partial charge in [0.25, 0.3) is 0 Å². The number of rotatable bonds is 4. The van der Waals surface area contributed by atoms with E-state index in [-0.39, 0.29) is 12.2 Å². The number of hydrogen-bond donors (Lipinski definition) is 1. The zero-order chi connectivity index (χ0) is 20.8. The third-order valence-corrected chi connectivity index (χ3v) is 5.74. The Labute approximate surface area is 167 Å². The predicted molar refractivity (Wildman–Crippen MR) is 103 cm³/mol. The lowest BCUT2D eigenvalue weighted by Crippen LogP contribution is -2.54. The lowest BCUT2D eigenvalue weighted by molar-refractivity contribution is -0.153. The van der Waals surface area contributed by atoms with Crippen LogP contribution in [-0.2, 0) is 19.1 Å². The SMILES string of the molecule is CCOC(=O)[C@@]1(C)N[C@@H](c2ccccc2F)[C@H]2C(=O)N(c3ccccc3)C(=O)[C@H]21. The summed E-state index contributed by atoms with van der Waals surface area (Å²) < 4.78 is 19.8. The van der Waals surface area contributed by atoms with Gasteiger partial charge in [0.15, 0.2) is 0 Å². The molecule has 4 rings (SSSR count). The molecule has 2 fully saturated rings. The minimum Gasteiger partial charge on any atom is -0.465 e. The quantitative estimate of drug-likeness (QED) is 0.635. The minimum absolute atomic E-state index is 0.127. The first kappa shape index (κ1) is 19.3. The second-order valence-corrected chi connectivity index (χ2v) is 7.42. The van der Waals surface area contributed by atoms with Gasteiger partial charge in [0.1, 0.15) is 11.4 Å². The van der Waals surface area contributed by atoms with E-state index in [9.17, 15) is 18.8 Å². The van der Waals surface area contributed by atoms with E-state index in [0.29, 0.717) is 5.69 Å². The Bertz CT molecular complexity index is 980. The van der Waals surface area contributed by atoms with E-state index in [1.54, 1.807) is 62.4 Å². The average molecular weight is 396 g/mol. The van der Waals surface area contributed by atoms with Crippen LogP contribution in [0.4, 0.5) is 10.1 Å². The molecule has 4 atom stereocenters. The summed E-state index contributed by atoms with van der Waals surface area (Å²) in [6, 6.07) is 13.8. The predicted octanol–water partition coefficient (Wildman–Crippen LogP) is 2.60. The number of amides is 2. The maximum atomic E-state index is 14.6. The van der Waals surface area contributed by atoms with Crippen LogP contribution in [0.2, 0.25) is 0 Å². The molecule has 0 radical (unpaired) electrons. The van der Waals surface area contributed by atoms with Crippen LogP contribution < -0.4 is 10.2 Å². The standard InChI is InChI=1S/C22H21FN2O4/c1-3-29-21(28)22(2)17-16(18(24-22)14-11-7-8-12-15(14)23)19(26)25(20(17)27)13-9-5-4-6-10-13/h4-12,16-18,24H,3H2,1-2H3/t16-,17-,18-,22-/m0/s1. The van der Waals surface area contributed by atoms with Crippen molar-refractivity contribution in [3.63, 3.8) is 0 Å². The topological polar surface area (TPSA) is 75.7 Å². The average Bonchev–Trinajstić information content (AvgIpc) is 3.17. The Balaban J connectivity index is 1.84. The van der Waals surface area contributed by atoms with Crippen LogP contribution in [0.5, 0.6) is 0 Å². The van der Waals surface area contributed by atoms with Gasteiger partial charge in [-0.25, -0.2) is 9.29 Å². The van der Waals surface area contributed by atoms with Crippen LogP contribution in [0.25, 0.3) is 0 Å². The molecule has 0 unspecified atom stereocenters. The van der Waals surface area contributed by atoms with Crippen molar-refractivity contribution in [3.8, 4) is 0 Å². The van der Waals surface area contributed by atoms with Crippen LogP contribution in [0.1, 0.15) is 25.5 Å². The molecule has 1 N–H and O–H groups in total. The normalized spacial score (nSPS) is 28.5. The van der Waals surface area contributed by atoms with E-state index in [2.05, 4.69) is 5.32 Å². The first-order chi connectivity index (χ1) is 13.9. The molecule has 2 aliphatic rings. The van der Waals surface area contributed by atoms with Crippen LogP contribution >= 0.6 is 0 Å². The molecule has 2 heterocycles. The van der Waals surface area contributed by atoms with Crippen molar-refractivity contribution in [2.45, 2.75) is 25.4 Å². The fourth-order valence-corrected chi connectivity index (χ4v) is 4.43. The highest BCUT2D eigenvalue weighted by Crippen LogP contribution is 2.50. The zero-order valence-corrected chi connectivity index (χ0v) is 16.1. The van der Waals surface area contributed by atoms with Crippen molar-refractivity contribution in [2.75, 3.05) is 11.5 Å². The molecule has 29 heavy (non-hydrogen) atoms. The smallest absolute Gasteiger partial charge is 0.326 e. The summed E-state index contributed by atoms with van der Waals surface area (Å²) in [5.41, 5.74) is -0.786. The van der Waals surface area contributed by atoms with Crippen molar-refractivity contribution >= 4 is 23.5 Å². The number of nitrogens with one attached hydrogen (secondary N) is 1. The lowest BCUT2D eigenvalue weighted by Gasteiger charge is -2.29. The Hall–Kier alpha value is -3.06. The summed E-state index contributed by atoms with van der Waals surface area (Å²) in [5.74, 6) is -4.01. The van der Waals surface area contributed by atoms with Crippen molar-refractivity contribution < 1.29 is 23.5 Å². The Morgan fingerprint density at radius 3 is 2.41 bits per heavy atom. The monoisotopic (exact) mass is 396 g/mol. The molecule has 2 aromatic carbocycles. The van der Waals surface area contributed by atoms with Gasteiger partial charge in [0.2, 0.25) is 11.8 Å². The highest BCUT2D eigenvalue weighted by Gasteiger charge is 2.67. The number of esters is 1. The molecule has 2 aromatic rings. The molecule has 2 amide bonds. The highest BCUT2D eigenvalue weighted by molar-refractivity contribution is 6.24. The van der Waals surface area contributed by atoms with Crippen molar-refractivity contribution in [1.29, 1.82) is 0 Å². The molecule has 0 bridgehead atoms. The van der Waals surface area contributed by atoms with Crippen molar-refractivity contribution in [3.05, 3.63) is 66.0 Å². The van der Waals surface area contributed by atoms with Gasteiger partial charge in [-0.1, -0.05) is 36.4 Å². The molecule has 0 saturated carbocycles. The van der Waals surface area contributed by atoms with Crippen LogP contribution in [0.15, 0.2) is 54.6 Å². The van der Waals surface area contributed by atoms with E-state index in [1.165, 1.54) is 6.07 Å². The molecule has 0 aliphatic carbocycles. The Morgan fingerprint density at radius 2 is 1.76 bits per heavy atom. The molecule has 0 aromatic heterocycles. The maximum Gasteiger partial charge on any atom is 0.326 e. The summed E-state index contributed by atoms with van der Waals surface area (Å²) in [5, 5.41) is 3.06. The summed E-state index contributed by atoms with van der Waals surface area (Å²) >= 11 is 0. The summed E-state index contributed by atoms with van der Waals surface area (Å²) in [7, 11) is 0. The molecular formula is C22H21FN2O4. The van der Waals surface area contributed by atoms with Gasteiger partial charge >= 0.3 is 5.97 Å². The number of fused-ring (bicyclic) bond motifs is 1. The third-order valence-electron chi connectivity index (χ3n) is 5.74. The number of nitrogens with zero attached hydrogens (tertiary/aromatic N) is 1. The van der Waals surface area contributed by atoms with E-state index in [0.717, 1.165) is 4.90 Å². The Kier molecular flexibility index (Phi) is 4.70. The number of halogens is 1. The number of anilines is 1. The van der Waals surface area contributed by atoms with Crippen molar-refractivity contribution in [1.82, 2.24) is 5.32 Å². The summed E-state index contributed by atoms with van der Waals surface area (Å²) in [6.45, 7) is 3.34. The molecule has 2 saturated heterocycles. The van der Waals surface area contributed by atoms with Crippen LogP contribution in [0.3, 0.4) is 0 Å². The molecule has 6 nitrogen and oxygen atoms in total. The summed E-state index contributed by atoms with van der Waals surface area (Å²) in [4.78, 5) is 40.6. The number of imide groups is 1. The highest BCUT2D eigenvalue weighted by atomic mass is 19.1. The first-order valence-corrected chi connectivity index (χ1v) is 9.52. The van der Waals surface area contributed by atoms with Gasteiger partial charge in [-0.15, -0.1) is 0 Å². The second-order valence-electron chi connectivity index (χ2n) is 7.42. The van der Waals surface area contributed by atoms with Gasteiger partial charge in [0, 0.05) is 11.6 Å². The van der Waals surface area contributed by atoms with Gasteiger partial charge in [-0.05, 0) is 32.0 Å². The molecule has 2 aliphatic heterocycles. The van der Waals surface area contributed by atoms with E-state index < -0.39 is 47.0 Å². The molecule has 0 spiro atoms. The summed E-state index contributed by atoms with van der Waals surface area (Å²) in [6.07, 6.45) is 0. The van der Waals surface area contributed by atoms with Gasteiger partial charge < -0.3 is 4.74 Å². The number of hydrogen-bond acceptors (Lipinski definition) is 5.